The maximum absolute atomic E-state index is 6.01. The second kappa shape index (κ2) is 4.17. The van der Waals surface area contributed by atoms with Crippen molar-refractivity contribution >= 4 is 0 Å². The molecule has 0 radical (unpaired) electrons. The minimum absolute atomic E-state index is 0.0989. The van der Waals surface area contributed by atoms with E-state index in [1.807, 2.05) is 0 Å². The van der Waals surface area contributed by atoms with E-state index in [0.29, 0.717) is 18.1 Å². The van der Waals surface area contributed by atoms with Gasteiger partial charge in [-0.2, -0.15) is 0 Å². The van der Waals surface area contributed by atoms with Crippen LogP contribution in [0.5, 0.6) is 0 Å². The summed E-state index contributed by atoms with van der Waals surface area (Å²) in [4.78, 5) is 2.45. The van der Waals surface area contributed by atoms with E-state index >= 15 is 0 Å². The Morgan fingerprint density at radius 3 is 2.43 bits per heavy atom. The maximum Gasteiger partial charge on any atom is 0.0774 e. The SMILES string of the molecule is COC(C)(C)C(C)N1CCC(N)C1C. The molecule has 3 atom stereocenters. The van der Waals surface area contributed by atoms with Crippen LogP contribution in [0.4, 0.5) is 0 Å². The van der Waals surface area contributed by atoms with E-state index in [1.54, 1.807) is 7.11 Å². The molecule has 1 fully saturated rings. The van der Waals surface area contributed by atoms with Crippen molar-refractivity contribution < 1.29 is 4.74 Å². The predicted molar refractivity (Wildman–Crippen MR) is 59.3 cm³/mol. The molecule has 0 bridgehead atoms. The number of hydrogen-bond donors (Lipinski definition) is 1. The fraction of sp³-hybridized carbons (Fsp3) is 1.00. The van der Waals surface area contributed by atoms with Crippen LogP contribution in [0.25, 0.3) is 0 Å². The molecular formula is C11H24N2O. The summed E-state index contributed by atoms with van der Waals surface area (Å²) < 4.78 is 5.51. The summed E-state index contributed by atoms with van der Waals surface area (Å²) in [7, 11) is 1.77. The van der Waals surface area contributed by atoms with Gasteiger partial charge in [0.15, 0.2) is 0 Å². The summed E-state index contributed by atoms with van der Waals surface area (Å²) in [5.41, 5.74) is 5.91. The molecule has 0 aromatic heterocycles. The van der Waals surface area contributed by atoms with Gasteiger partial charge in [0, 0.05) is 31.8 Å². The molecule has 0 aromatic rings. The van der Waals surface area contributed by atoms with Crippen molar-refractivity contribution in [3.8, 4) is 0 Å². The molecule has 3 heteroatoms. The Bertz CT molecular complexity index is 194. The highest BCUT2D eigenvalue weighted by atomic mass is 16.5. The molecule has 0 saturated carbocycles. The number of methoxy groups -OCH3 is 1. The average Bonchev–Trinajstić information content (AvgIpc) is 2.47. The fourth-order valence-electron chi connectivity index (χ4n) is 2.11. The van der Waals surface area contributed by atoms with Gasteiger partial charge in [-0.25, -0.2) is 0 Å². The minimum Gasteiger partial charge on any atom is -0.377 e. The Balaban J connectivity index is 2.66. The molecule has 1 aliphatic rings. The van der Waals surface area contributed by atoms with Crippen LogP contribution in [0.2, 0.25) is 0 Å². The molecule has 3 unspecified atom stereocenters. The first-order chi connectivity index (χ1) is 6.40. The normalized spacial score (nSPS) is 32.1. The minimum atomic E-state index is -0.0989. The van der Waals surface area contributed by atoms with E-state index in [4.69, 9.17) is 10.5 Å². The molecule has 0 aliphatic carbocycles. The van der Waals surface area contributed by atoms with Crippen LogP contribution in [0.1, 0.15) is 34.1 Å². The van der Waals surface area contributed by atoms with E-state index < -0.39 is 0 Å². The number of nitrogens with two attached hydrogens (primary N) is 1. The number of likely N-dealkylation sites (tertiary alicyclic amines) is 1. The lowest BCUT2D eigenvalue weighted by Crippen LogP contribution is -2.51. The molecule has 1 aliphatic heterocycles. The first-order valence-electron chi connectivity index (χ1n) is 5.46. The zero-order valence-corrected chi connectivity index (χ0v) is 10.1. The highest BCUT2D eigenvalue weighted by molar-refractivity contribution is 4.94. The third-order valence-electron chi connectivity index (χ3n) is 3.89. The van der Waals surface area contributed by atoms with Crippen molar-refractivity contribution in [2.45, 2.75) is 57.8 Å². The van der Waals surface area contributed by atoms with Gasteiger partial charge in [0.2, 0.25) is 0 Å². The van der Waals surface area contributed by atoms with E-state index in [0.717, 1.165) is 13.0 Å². The van der Waals surface area contributed by atoms with E-state index in [9.17, 15) is 0 Å². The van der Waals surface area contributed by atoms with Crippen molar-refractivity contribution in [3.05, 3.63) is 0 Å². The first-order valence-corrected chi connectivity index (χ1v) is 5.46. The Morgan fingerprint density at radius 2 is 2.07 bits per heavy atom. The highest BCUT2D eigenvalue weighted by Crippen LogP contribution is 2.26. The molecule has 1 heterocycles. The molecule has 0 spiro atoms. The van der Waals surface area contributed by atoms with Crippen molar-refractivity contribution in [2.75, 3.05) is 13.7 Å². The van der Waals surface area contributed by atoms with Gasteiger partial charge >= 0.3 is 0 Å². The predicted octanol–water partition coefficient (Wildman–Crippen LogP) is 1.22. The lowest BCUT2D eigenvalue weighted by molar-refractivity contribution is -0.0491. The number of nitrogens with zero attached hydrogens (tertiary/aromatic N) is 1. The van der Waals surface area contributed by atoms with Crippen LogP contribution in [-0.4, -0.2) is 42.3 Å². The molecule has 84 valence electrons. The molecule has 0 amide bonds. The molecule has 1 rings (SSSR count). The Labute approximate surface area is 87.6 Å². The van der Waals surface area contributed by atoms with Gasteiger partial charge in [0.1, 0.15) is 0 Å². The van der Waals surface area contributed by atoms with E-state index in [-0.39, 0.29) is 5.60 Å². The van der Waals surface area contributed by atoms with Gasteiger partial charge in [-0.3, -0.25) is 4.90 Å². The summed E-state index contributed by atoms with van der Waals surface area (Å²) >= 11 is 0. The standard InChI is InChI=1S/C11H24N2O/c1-8-10(12)6-7-13(8)9(2)11(3,4)14-5/h8-10H,6-7,12H2,1-5H3. The summed E-state index contributed by atoms with van der Waals surface area (Å²) in [6.45, 7) is 9.79. The van der Waals surface area contributed by atoms with E-state index in [2.05, 4.69) is 32.6 Å². The van der Waals surface area contributed by atoms with Crippen LogP contribution in [-0.2, 0) is 4.74 Å². The van der Waals surface area contributed by atoms with Gasteiger partial charge in [-0.1, -0.05) is 0 Å². The van der Waals surface area contributed by atoms with Crippen LogP contribution in [0, 0.1) is 0 Å². The highest BCUT2D eigenvalue weighted by Gasteiger charge is 2.37. The monoisotopic (exact) mass is 200 g/mol. The smallest absolute Gasteiger partial charge is 0.0774 e. The van der Waals surface area contributed by atoms with Gasteiger partial charge in [0.05, 0.1) is 5.60 Å². The molecule has 1 saturated heterocycles. The second-order valence-corrected chi connectivity index (χ2v) is 4.91. The second-order valence-electron chi connectivity index (χ2n) is 4.91. The van der Waals surface area contributed by atoms with E-state index in [1.165, 1.54) is 0 Å². The van der Waals surface area contributed by atoms with Crippen molar-refractivity contribution in [1.29, 1.82) is 0 Å². The topological polar surface area (TPSA) is 38.5 Å². The first kappa shape index (κ1) is 12.0. The lowest BCUT2D eigenvalue weighted by atomic mass is 9.98. The van der Waals surface area contributed by atoms with Gasteiger partial charge < -0.3 is 10.5 Å². The molecule has 2 N–H and O–H groups in total. The third-order valence-corrected chi connectivity index (χ3v) is 3.89. The third kappa shape index (κ3) is 2.10. The van der Waals surface area contributed by atoms with Crippen molar-refractivity contribution in [3.63, 3.8) is 0 Å². The Morgan fingerprint density at radius 1 is 1.50 bits per heavy atom. The average molecular weight is 200 g/mol. The molecular weight excluding hydrogens is 176 g/mol. The summed E-state index contributed by atoms with van der Waals surface area (Å²) in [5.74, 6) is 0. The summed E-state index contributed by atoms with van der Waals surface area (Å²) in [6.07, 6.45) is 1.10. The Hall–Kier alpha value is -0.120. The summed E-state index contributed by atoms with van der Waals surface area (Å²) in [6, 6.07) is 1.21. The van der Waals surface area contributed by atoms with Crippen LogP contribution in [0.3, 0.4) is 0 Å². The van der Waals surface area contributed by atoms with Gasteiger partial charge in [-0.05, 0) is 34.1 Å². The molecule has 0 aromatic carbocycles. The Kier molecular flexibility index (Phi) is 3.56. The lowest BCUT2D eigenvalue weighted by Gasteiger charge is -2.39. The van der Waals surface area contributed by atoms with Crippen LogP contribution < -0.4 is 5.73 Å². The largest absolute Gasteiger partial charge is 0.377 e. The number of ether oxygens (including phenoxy) is 1. The van der Waals surface area contributed by atoms with Crippen molar-refractivity contribution in [2.24, 2.45) is 5.73 Å². The van der Waals surface area contributed by atoms with Crippen LogP contribution >= 0.6 is 0 Å². The number of rotatable bonds is 3. The van der Waals surface area contributed by atoms with Crippen molar-refractivity contribution in [1.82, 2.24) is 4.90 Å². The quantitative estimate of drug-likeness (QED) is 0.744. The van der Waals surface area contributed by atoms with Gasteiger partial charge in [0.25, 0.3) is 0 Å². The number of hydrogen-bond acceptors (Lipinski definition) is 3. The maximum atomic E-state index is 6.01. The zero-order valence-electron chi connectivity index (χ0n) is 10.1. The summed E-state index contributed by atoms with van der Waals surface area (Å²) in [5, 5.41) is 0. The zero-order chi connectivity index (χ0) is 10.9. The van der Waals surface area contributed by atoms with Gasteiger partial charge in [-0.15, -0.1) is 0 Å². The molecule has 3 nitrogen and oxygen atoms in total. The van der Waals surface area contributed by atoms with Crippen LogP contribution in [0.15, 0.2) is 0 Å². The fourth-order valence-corrected chi connectivity index (χ4v) is 2.11. The molecule has 14 heavy (non-hydrogen) atoms.